The molecule has 3 nitrogen and oxygen atoms in total. The van der Waals surface area contributed by atoms with Crippen molar-refractivity contribution in [2.75, 3.05) is 6.26 Å². The summed E-state index contributed by atoms with van der Waals surface area (Å²) in [6, 6.07) is 6.11. The average Bonchev–Trinajstić information content (AvgIpc) is 2.08. The minimum Gasteiger partial charge on any atom is -0.267 e. The zero-order valence-corrected chi connectivity index (χ0v) is 11.0. The summed E-state index contributed by atoms with van der Waals surface area (Å²) in [6.07, 6.45) is 1.36. The third kappa shape index (κ3) is 4.33. The molecule has 0 aliphatic carbocycles. The quantitative estimate of drug-likeness (QED) is 0.760. The van der Waals surface area contributed by atoms with Gasteiger partial charge in [0, 0.05) is 0 Å². The summed E-state index contributed by atoms with van der Waals surface area (Å²) in [5, 5.41) is 0. The second kappa shape index (κ2) is 4.97. The van der Waals surface area contributed by atoms with Crippen LogP contribution in [-0.4, -0.2) is 20.8 Å². The highest BCUT2D eigenvalue weighted by atomic mass is 32.2. The van der Waals surface area contributed by atoms with Gasteiger partial charge >= 0.3 is 0 Å². The second-order valence-electron chi connectivity index (χ2n) is 4.23. The van der Waals surface area contributed by atoms with Crippen LogP contribution in [0.25, 0.3) is 0 Å². The first kappa shape index (κ1) is 13.2. The Balaban J connectivity index is 2.70. The molecule has 0 aliphatic rings. The second-order valence-corrected chi connectivity index (χ2v) is 5.83. The largest absolute Gasteiger partial charge is 0.267 e. The molecular formula is C12H18O3S. The lowest BCUT2D eigenvalue weighted by molar-refractivity contribution is 0.232. The fourth-order valence-corrected chi connectivity index (χ4v) is 2.26. The molecule has 0 bridgehead atoms. The third-order valence-electron chi connectivity index (χ3n) is 2.43. The number of hydrogen-bond donors (Lipinski definition) is 0. The molecule has 1 aromatic rings. The van der Waals surface area contributed by atoms with E-state index in [0.29, 0.717) is 6.42 Å². The highest BCUT2D eigenvalue weighted by Gasteiger charge is 2.11. The molecule has 0 aromatic heterocycles. The van der Waals surface area contributed by atoms with Crippen molar-refractivity contribution in [2.45, 2.75) is 33.3 Å². The van der Waals surface area contributed by atoms with Crippen molar-refractivity contribution in [1.29, 1.82) is 0 Å². The van der Waals surface area contributed by atoms with Crippen molar-refractivity contribution in [1.82, 2.24) is 0 Å². The SMILES string of the molecule is Cc1ccc(CC(C)OS(C)(=O)=O)cc1C. The van der Waals surface area contributed by atoms with Crippen LogP contribution >= 0.6 is 0 Å². The van der Waals surface area contributed by atoms with Crippen LogP contribution in [0.1, 0.15) is 23.6 Å². The minimum atomic E-state index is -3.36. The van der Waals surface area contributed by atoms with E-state index in [1.807, 2.05) is 19.1 Å². The van der Waals surface area contributed by atoms with Gasteiger partial charge in [0.2, 0.25) is 0 Å². The molecule has 0 fully saturated rings. The van der Waals surface area contributed by atoms with Gasteiger partial charge < -0.3 is 0 Å². The van der Waals surface area contributed by atoms with Crippen LogP contribution in [0.4, 0.5) is 0 Å². The zero-order chi connectivity index (χ0) is 12.3. The molecule has 0 aliphatic heterocycles. The van der Waals surface area contributed by atoms with Gasteiger partial charge in [-0.1, -0.05) is 18.2 Å². The lowest BCUT2D eigenvalue weighted by atomic mass is 10.0. The van der Waals surface area contributed by atoms with E-state index in [1.165, 1.54) is 11.1 Å². The number of hydrogen-bond acceptors (Lipinski definition) is 3. The van der Waals surface area contributed by atoms with Crippen LogP contribution in [0.5, 0.6) is 0 Å². The van der Waals surface area contributed by atoms with Gasteiger partial charge in [-0.25, -0.2) is 0 Å². The topological polar surface area (TPSA) is 43.4 Å². The molecule has 90 valence electrons. The highest BCUT2D eigenvalue weighted by molar-refractivity contribution is 7.86. The summed E-state index contributed by atoms with van der Waals surface area (Å²) in [7, 11) is -3.36. The summed E-state index contributed by atoms with van der Waals surface area (Å²) < 4.78 is 26.7. The number of benzene rings is 1. The predicted molar refractivity (Wildman–Crippen MR) is 65.0 cm³/mol. The van der Waals surface area contributed by atoms with Crippen molar-refractivity contribution < 1.29 is 12.6 Å². The highest BCUT2D eigenvalue weighted by Crippen LogP contribution is 2.13. The molecule has 0 saturated carbocycles. The van der Waals surface area contributed by atoms with E-state index in [1.54, 1.807) is 6.92 Å². The van der Waals surface area contributed by atoms with Gasteiger partial charge in [-0.15, -0.1) is 0 Å². The molecule has 1 atom stereocenters. The predicted octanol–water partition coefficient (Wildman–Crippen LogP) is 2.21. The smallest absolute Gasteiger partial charge is 0.264 e. The van der Waals surface area contributed by atoms with Crippen LogP contribution in [0.3, 0.4) is 0 Å². The molecule has 1 aromatic carbocycles. The van der Waals surface area contributed by atoms with E-state index in [-0.39, 0.29) is 6.10 Å². The molecule has 4 heteroatoms. The van der Waals surface area contributed by atoms with Gasteiger partial charge in [-0.05, 0) is 43.9 Å². The van der Waals surface area contributed by atoms with Crippen LogP contribution < -0.4 is 0 Å². The molecule has 0 spiro atoms. The first-order valence-corrected chi connectivity index (χ1v) is 7.04. The third-order valence-corrected chi connectivity index (χ3v) is 3.11. The molecule has 0 N–H and O–H groups in total. The van der Waals surface area contributed by atoms with Crippen molar-refractivity contribution >= 4 is 10.1 Å². The van der Waals surface area contributed by atoms with E-state index in [9.17, 15) is 8.42 Å². The fourth-order valence-electron chi connectivity index (χ4n) is 1.59. The Morgan fingerprint density at radius 3 is 2.38 bits per heavy atom. The minimum absolute atomic E-state index is 0.322. The zero-order valence-electron chi connectivity index (χ0n) is 10.1. The summed E-state index contributed by atoms with van der Waals surface area (Å²) in [5.74, 6) is 0. The lowest BCUT2D eigenvalue weighted by Gasteiger charge is -2.12. The number of rotatable bonds is 4. The Labute approximate surface area is 97.6 Å². The van der Waals surface area contributed by atoms with E-state index >= 15 is 0 Å². The molecule has 0 radical (unpaired) electrons. The van der Waals surface area contributed by atoms with E-state index in [2.05, 4.69) is 13.0 Å². The lowest BCUT2D eigenvalue weighted by Crippen LogP contribution is -2.16. The Hall–Kier alpha value is -0.870. The Bertz CT molecular complexity index is 463. The molecule has 16 heavy (non-hydrogen) atoms. The van der Waals surface area contributed by atoms with E-state index in [0.717, 1.165) is 11.8 Å². The van der Waals surface area contributed by atoms with Crippen LogP contribution in [0, 0.1) is 13.8 Å². The summed E-state index contributed by atoms with van der Waals surface area (Å²) in [6.45, 7) is 5.85. The molecule has 1 rings (SSSR count). The van der Waals surface area contributed by atoms with Crippen molar-refractivity contribution in [3.05, 3.63) is 34.9 Å². The molecule has 0 amide bonds. The maximum atomic E-state index is 10.9. The van der Waals surface area contributed by atoms with Gasteiger partial charge in [0.25, 0.3) is 10.1 Å². The number of aryl methyl sites for hydroxylation is 2. The molecule has 0 saturated heterocycles. The average molecular weight is 242 g/mol. The summed E-state index contributed by atoms with van der Waals surface area (Å²) in [4.78, 5) is 0. The van der Waals surface area contributed by atoms with Gasteiger partial charge in [-0.3, -0.25) is 4.18 Å². The maximum Gasteiger partial charge on any atom is 0.264 e. The Kier molecular flexibility index (Phi) is 4.10. The first-order chi connectivity index (χ1) is 7.28. The van der Waals surface area contributed by atoms with Crippen molar-refractivity contribution in [3.8, 4) is 0 Å². The van der Waals surface area contributed by atoms with Gasteiger partial charge in [-0.2, -0.15) is 8.42 Å². The normalized spacial score (nSPS) is 13.8. The van der Waals surface area contributed by atoms with Gasteiger partial charge in [0.1, 0.15) is 0 Å². The molecule has 1 unspecified atom stereocenters. The summed E-state index contributed by atoms with van der Waals surface area (Å²) in [5.41, 5.74) is 3.55. The van der Waals surface area contributed by atoms with Crippen LogP contribution in [0.2, 0.25) is 0 Å². The standard InChI is InChI=1S/C12H18O3S/c1-9-5-6-12(7-10(9)2)8-11(3)15-16(4,13)14/h5-7,11H,8H2,1-4H3. The van der Waals surface area contributed by atoms with Crippen molar-refractivity contribution in [3.63, 3.8) is 0 Å². The van der Waals surface area contributed by atoms with Crippen molar-refractivity contribution in [2.24, 2.45) is 0 Å². The summed E-state index contributed by atoms with van der Waals surface area (Å²) >= 11 is 0. The van der Waals surface area contributed by atoms with Gasteiger partial charge in [0.15, 0.2) is 0 Å². The maximum absolute atomic E-state index is 10.9. The van der Waals surface area contributed by atoms with Crippen LogP contribution in [-0.2, 0) is 20.7 Å². The first-order valence-electron chi connectivity index (χ1n) is 5.22. The van der Waals surface area contributed by atoms with Crippen LogP contribution in [0.15, 0.2) is 18.2 Å². The fraction of sp³-hybridized carbons (Fsp3) is 0.500. The van der Waals surface area contributed by atoms with E-state index < -0.39 is 10.1 Å². The molecular weight excluding hydrogens is 224 g/mol. The molecule has 0 heterocycles. The Morgan fingerprint density at radius 1 is 1.25 bits per heavy atom. The Morgan fingerprint density at radius 2 is 1.88 bits per heavy atom. The van der Waals surface area contributed by atoms with E-state index in [4.69, 9.17) is 4.18 Å². The monoisotopic (exact) mass is 242 g/mol. The van der Waals surface area contributed by atoms with Gasteiger partial charge in [0.05, 0.1) is 12.4 Å².